The minimum atomic E-state index is -0.674. The molecule has 0 aromatic carbocycles. The van der Waals surface area contributed by atoms with Gasteiger partial charge in [0, 0.05) is 0 Å². The monoisotopic (exact) mass is 144 g/mol. The van der Waals surface area contributed by atoms with Gasteiger partial charge in [-0.15, -0.1) is 0 Å². The summed E-state index contributed by atoms with van der Waals surface area (Å²) in [7, 11) is 0. The molecule has 0 radical (unpaired) electrons. The Morgan fingerprint density at radius 3 is 2.50 bits per heavy atom. The van der Waals surface area contributed by atoms with Crippen LogP contribution in [0.3, 0.4) is 0 Å². The number of aliphatic hydroxyl groups is 1. The molecule has 3 nitrogen and oxygen atoms in total. The molecule has 3 heteroatoms. The zero-order valence-corrected chi connectivity index (χ0v) is 6.20. The normalized spacial score (nSPS) is 15.5. The van der Waals surface area contributed by atoms with E-state index in [0.29, 0.717) is 0 Å². The van der Waals surface area contributed by atoms with E-state index >= 15 is 0 Å². The van der Waals surface area contributed by atoms with Crippen LogP contribution in [0.4, 0.5) is 0 Å². The number of rotatable bonds is 3. The van der Waals surface area contributed by atoms with E-state index in [1.165, 1.54) is 6.92 Å². The van der Waals surface area contributed by atoms with E-state index in [0.717, 1.165) is 6.26 Å². The standard InChI is InChI=1S/C7H12O3/c1-4-10-7(9)5(2)6(3)8/h4-6,8H,1H2,2-3H3/t5-,6+/m1/s1. The van der Waals surface area contributed by atoms with E-state index in [2.05, 4.69) is 11.3 Å². The van der Waals surface area contributed by atoms with Crippen molar-refractivity contribution in [1.82, 2.24) is 0 Å². The average molecular weight is 144 g/mol. The highest BCUT2D eigenvalue weighted by Crippen LogP contribution is 2.03. The van der Waals surface area contributed by atoms with Crippen LogP contribution in [0.15, 0.2) is 12.8 Å². The quantitative estimate of drug-likeness (QED) is 0.468. The maximum absolute atomic E-state index is 10.7. The first-order chi connectivity index (χ1) is 4.59. The summed E-state index contributed by atoms with van der Waals surface area (Å²) in [6.07, 6.45) is 0.383. The van der Waals surface area contributed by atoms with Crippen LogP contribution in [0.5, 0.6) is 0 Å². The van der Waals surface area contributed by atoms with Crippen molar-refractivity contribution in [3.63, 3.8) is 0 Å². The Labute approximate surface area is 60.3 Å². The minimum absolute atomic E-state index is 0.454. The predicted molar refractivity (Wildman–Crippen MR) is 37.1 cm³/mol. The maximum Gasteiger partial charge on any atom is 0.316 e. The smallest absolute Gasteiger partial charge is 0.316 e. The number of ether oxygens (including phenoxy) is 1. The summed E-state index contributed by atoms with van der Waals surface area (Å²) in [5, 5.41) is 8.88. The highest BCUT2D eigenvalue weighted by atomic mass is 16.5. The first-order valence-corrected chi connectivity index (χ1v) is 3.09. The van der Waals surface area contributed by atoms with Gasteiger partial charge >= 0.3 is 5.97 Å². The van der Waals surface area contributed by atoms with E-state index in [9.17, 15) is 4.79 Å². The van der Waals surface area contributed by atoms with Gasteiger partial charge in [-0.3, -0.25) is 4.79 Å². The average Bonchev–Trinajstić information content (AvgIpc) is 1.87. The van der Waals surface area contributed by atoms with Crippen molar-refractivity contribution < 1.29 is 14.6 Å². The molecule has 0 aliphatic carbocycles. The van der Waals surface area contributed by atoms with Gasteiger partial charge < -0.3 is 9.84 Å². The van der Waals surface area contributed by atoms with Gasteiger partial charge in [0.2, 0.25) is 0 Å². The van der Waals surface area contributed by atoms with Crippen LogP contribution in [-0.4, -0.2) is 17.2 Å². The molecular formula is C7H12O3. The summed E-state index contributed by atoms with van der Waals surface area (Å²) < 4.78 is 4.43. The van der Waals surface area contributed by atoms with Crippen molar-refractivity contribution in [2.24, 2.45) is 5.92 Å². The Bertz CT molecular complexity index is 129. The van der Waals surface area contributed by atoms with Crippen molar-refractivity contribution in [2.45, 2.75) is 20.0 Å². The molecule has 0 rings (SSSR count). The van der Waals surface area contributed by atoms with Gasteiger partial charge in [-0.25, -0.2) is 0 Å². The van der Waals surface area contributed by atoms with Crippen LogP contribution in [-0.2, 0) is 9.53 Å². The van der Waals surface area contributed by atoms with Crippen LogP contribution >= 0.6 is 0 Å². The maximum atomic E-state index is 10.7. The molecule has 10 heavy (non-hydrogen) atoms. The van der Waals surface area contributed by atoms with Crippen LogP contribution < -0.4 is 0 Å². The second-order valence-electron chi connectivity index (χ2n) is 2.13. The molecule has 0 spiro atoms. The fourth-order valence-electron chi connectivity index (χ4n) is 0.386. The lowest BCUT2D eigenvalue weighted by Gasteiger charge is -2.10. The first kappa shape index (κ1) is 9.17. The Hall–Kier alpha value is -0.830. The van der Waals surface area contributed by atoms with Gasteiger partial charge in [0.15, 0.2) is 0 Å². The topological polar surface area (TPSA) is 46.5 Å². The third-order valence-corrected chi connectivity index (χ3v) is 1.29. The summed E-state index contributed by atoms with van der Waals surface area (Å²) >= 11 is 0. The summed E-state index contributed by atoms with van der Waals surface area (Å²) in [5.41, 5.74) is 0. The molecule has 0 amide bonds. The lowest BCUT2D eigenvalue weighted by Crippen LogP contribution is -2.23. The molecule has 0 fully saturated rings. The first-order valence-electron chi connectivity index (χ1n) is 3.09. The van der Waals surface area contributed by atoms with Crippen LogP contribution in [0.1, 0.15) is 13.8 Å². The summed E-state index contributed by atoms with van der Waals surface area (Å²) in [6, 6.07) is 0. The number of carbonyl (C=O) groups excluding carboxylic acids is 1. The number of aliphatic hydroxyl groups excluding tert-OH is 1. The van der Waals surface area contributed by atoms with Gasteiger partial charge in [-0.05, 0) is 13.8 Å². The van der Waals surface area contributed by atoms with Gasteiger partial charge in [0.05, 0.1) is 18.3 Å². The molecule has 0 aliphatic rings. The van der Waals surface area contributed by atoms with E-state index < -0.39 is 18.0 Å². The Morgan fingerprint density at radius 2 is 2.20 bits per heavy atom. The molecule has 0 aromatic rings. The lowest BCUT2D eigenvalue weighted by molar-refractivity contribution is -0.145. The second kappa shape index (κ2) is 4.06. The predicted octanol–water partition coefficient (Wildman–Crippen LogP) is 0.690. The molecule has 0 bridgehead atoms. The molecule has 0 heterocycles. The van der Waals surface area contributed by atoms with E-state index in [-0.39, 0.29) is 0 Å². The molecule has 2 atom stereocenters. The van der Waals surface area contributed by atoms with Crippen molar-refractivity contribution in [3.8, 4) is 0 Å². The Morgan fingerprint density at radius 1 is 1.70 bits per heavy atom. The van der Waals surface area contributed by atoms with Gasteiger partial charge in [0.25, 0.3) is 0 Å². The van der Waals surface area contributed by atoms with E-state index in [4.69, 9.17) is 5.11 Å². The molecule has 0 saturated carbocycles. The zero-order chi connectivity index (χ0) is 8.15. The molecule has 0 saturated heterocycles. The largest absolute Gasteiger partial charge is 0.435 e. The van der Waals surface area contributed by atoms with Gasteiger partial charge in [0.1, 0.15) is 0 Å². The van der Waals surface area contributed by atoms with Gasteiger partial charge in [-0.1, -0.05) is 6.58 Å². The number of carbonyl (C=O) groups is 1. The Balaban J connectivity index is 3.81. The fraction of sp³-hybridized carbons (Fsp3) is 0.571. The number of hydrogen-bond acceptors (Lipinski definition) is 3. The molecule has 0 unspecified atom stereocenters. The Kier molecular flexibility index (Phi) is 3.72. The van der Waals surface area contributed by atoms with Crippen LogP contribution in [0.2, 0.25) is 0 Å². The fourth-order valence-corrected chi connectivity index (χ4v) is 0.386. The second-order valence-corrected chi connectivity index (χ2v) is 2.13. The molecule has 0 aromatic heterocycles. The van der Waals surface area contributed by atoms with Crippen LogP contribution in [0.25, 0.3) is 0 Å². The molecule has 58 valence electrons. The van der Waals surface area contributed by atoms with Crippen molar-refractivity contribution in [1.29, 1.82) is 0 Å². The summed E-state index contributed by atoms with van der Waals surface area (Å²) in [4.78, 5) is 10.7. The van der Waals surface area contributed by atoms with Gasteiger partial charge in [-0.2, -0.15) is 0 Å². The lowest BCUT2D eigenvalue weighted by atomic mass is 10.1. The van der Waals surface area contributed by atoms with E-state index in [1.54, 1.807) is 6.92 Å². The summed E-state index contributed by atoms with van der Waals surface area (Å²) in [6.45, 7) is 6.35. The molecule has 1 N–H and O–H groups in total. The zero-order valence-electron chi connectivity index (χ0n) is 6.20. The summed E-state index contributed by atoms with van der Waals surface area (Å²) in [5.74, 6) is -0.942. The third kappa shape index (κ3) is 2.64. The van der Waals surface area contributed by atoms with E-state index in [1.807, 2.05) is 0 Å². The number of esters is 1. The molecule has 0 aliphatic heterocycles. The van der Waals surface area contributed by atoms with Crippen molar-refractivity contribution >= 4 is 5.97 Å². The van der Waals surface area contributed by atoms with Crippen LogP contribution in [0, 0.1) is 5.92 Å². The minimum Gasteiger partial charge on any atom is -0.435 e. The highest BCUT2D eigenvalue weighted by Gasteiger charge is 2.18. The molecular weight excluding hydrogens is 132 g/mol. The number of hydrogen-bond donors (Lipinski definition) is 1. The van der Waals surface area contributed by atoms with Crippen molar-refractivity contribution in [3.05, 3.63) is 12.8 Å². The SMILES string of the molecule is C=COC(=O)[C@H](C)[C@H](C)O. The van der Waals surface area contributed by atoms with Crippen molar-refractivity contribution in [2.75, 3.05) is 0 Å². The highest BCUT2D eigenvalue weighted by molar-refractivity contribution is 5.73. The third-order valence-electron chi connectivity index (χ3n) is 1.29.